The number of carbonyl (C=O) groups is 1. The van der Waals surface area contributed by atoms with Crippen molar-refractivity contribution in [2.45, 2.75) is 44.1 Å². The Morgan fingerprint density at radius 2 is 2.04 bits per heavy atom. The molecular weight excluding hydrogens is 435 g/mol. The average molecular weight is 454 g/mol. The van der Waals surface area contributed by atoms with Crippen LogP contribution in [0.2, 0.25) is 5.02 Å². The summed E-state index contributed by atoms with van der Waals surface area (Å²) >= 11 is 9.22. The van der Waals surface area contributed by atoms with Crippen LogP contribution in [-0.2, 0) is 10.3 Å². The van der Waals surface area contributed by atoms with Gasteiger partial charge in [-0.05, 0) is 84.5 Å². The minimum Gasteiger partial charge on any atom is -0.326 e. The number of hydrogen-bond donors (Lipinski definition) is 1. The Balaban J connectivity index is 1.46. The van der Waals surface area contributed by atoms with E-state index in [4.69, 9.17) is 11.6 Å². The van der Waals surface area contributed by atoms with Gasteiger partial charge in [0.05, 0.1) is 16.0 Å². The van der Waals surface area contributed by atoms with Gasteiger partial charge in [-0.25, -0.2) is 14.1 Å². The molecule has 1 amide bonds. The molecule has 8 heteroatoms. The maximum Gasteiger partial charge on any atom is 0.230 e. The SMILES string of the molecule is O=C(Nc1ccc(F)c(Cl)c1)C12C[C@H]3C[C@@H](C1)CC(n1cnc(Br)n1)(C3)C2. The monoisotopic (exact) mass is 452 g/mol. The molecule has 4 atom stereocenters. The molecule has 0 saturated heterocycles. The van der Waals surface area contributed by atoms with Crippen LogP contribution in [0.1, 0.15) is 38.5 Å². The molecule has 27 heavy (non-hydrogen) atoms. The van der Waals surface area contributed by atoms with Crippen LogP contribution in [0.15, 0.2) is 29.3 Å². The van der Waals surface area contributed by atoms with Crippen molar-refractivity contribution in [2.75, 3.05) is 5.32 Å². The van der Waals surface area contributed by atoms with Crippen LogP contribution >= 0.6 is 27.5 Å². The van der Waals surface area contributed by atoms with E-state index < -0.39 is 11.2 Å². The summed E-state index contributed by atoms with van der Waals surface area (Å²) < 4.78 is 16.0. The van der Waals surface area contributed by atoms with Crippen LogP contribution in [0.4, 0.5) is 10.1 Å². The number of benzene rings is 1. The summed E-state index contributed by atoms with van der Waals surface area (Å²) in [5, 5.41) is 7.54. The van der Waals surface area contributed by atoms with Gasteiger partial charge in [0.15, 0.2) is 0 Å². The topological polar surface area (TPSA) is 59.8 Å². The first-order valence-electron chi connectivity index (χ1n) is 9.22. The first-order valence-corrected chi connectivity index (χ1v) is 10.4. The normalized spacial score (nSPS) is 34.0. The van der Waals surface area contributed by atoms with E-state index in [1.165, 1.54) is 18.6 Å². The zero-order chi connectivity index (χ0) is 18.8. The molecule has 5 nitrogen and oxygen atoms in total. The van der Waals surface area contributed by atoms with Gasteiger partial charge in [-0.3, -0.25) is 4.79 Å². The number of amides is 1. The zero-order valence-corrected chi connectivity index (χ0v) is 16.9. The van der Waals surface area contributed by atoms with E-state index in [0.29, 0.717) is 22.3 Å². The molecule has 1 heterocycles. The van der Waals surface area contributed by atoms with Gasteiger partial charge in [0.2, 0.25) is 10.6 Å². The first kappa shape index (κ1) is 17.6. The Morgan fingerprint density at radius 1 is 1.30 bits per heavy atom. The number of rotatable bonds is 3. The van der Waals surface area contributed by atoms with Crippen molar-refractivity contribution in [3.05, 3.63) is 40.1 Å². The third-order valence-corrected chi connectivity index (χ3v) is 7.29. The van der Waals surface area contributed by atoms with Gasteiger partial charge < -0.3 is 5.32 Å². The first-order chi connectivity index (χ1) is 12.9. The highest BCUT2D eigenvalue weighted by Gasteiger charge is 2.61. The minimum atomic E-state index is -0.486. The van der Waals surface area contributed by atoms with Crippen molar-refractivity contribution in [1.82, 2.24) is 14.8 Å². The Bertz CT molecular complexity index is 918. The smallest absolute Gasteiger partial charge is 0.230 e. The molecule has 2 unspecified atom stereocenters. The second kappa shape index (κ2) is 6.01. The van der Waals surface area contributed by atoms with Crippen molar-refractivity contribution in [1.29, 1.82) is 0 Å². The highest BCUT2D eigenvalue weighted by molar-refractivity contribution is 9.10. The summed E-state index contributed by atoms with van der Waals surface area (Å²) in [6, 6.07) is 4.32. The second-order valence-corrected chi connectivity index (χ2v) is 9.62. The molecule has 1 N–H and O–H groups in total. The Morgan fingerprint density at radius 3 is 2.67 bits per heavy atom. The zero-order valence-electron chi connectivity index (χ0n) is 14.6. The molecule has 4 aliphatic carbocycles. The number of halogens is 3. The lowest BCUT2D eigenvalue weighted by Gasteiger charge is -2.60. The molecule has 1 aromatic heterocycles. The fourth-order valence-corrected chi connectivity index (χ4v) is 6.50. The van der Waals surface area contributed by atoms with Crippen LogP contribution in [0.3, 0.4) is 0 Å². The van der Waals surface area contributed by atoms with E-state index in [2.05, 4.69) is 31.3 Å². The number of nitrogens with zero attached hydrogens (tertiary/aromatic N) is 3. The van der Waals surface area contributed by atoms with Gasteiger partial charge in [-0.2, -0.15) is 0 Å². The number of hydrogen-bond acceptors (Lipinski definition) is 3. The number of anilines is 1. The average Bonchev–Trinajstić information content (AvgIpc) is 3.04. The van der Waals surface area contributed by atoms with Crippen molar-refractivity contribution >= 4 is 39.1 Å². The van der Waals surface area contributed by atoms with Crippen LogP contribution in [0, 0.1) is 23.1 Å². The minimum absolute atomic E-state index is 0.0160. The van der Waals surface area contributed by atoms with Crippen LogP contribution < -0.4 is 5.32 Å². The molecule has 4 saturated carbocycles. The van der Waals surface area contributed by atoms with Crippen LogP contribution in [0.25, 0.3) is 0 Å². The molecule has 0 spiro atoms. The van der Waals surface area contributed by atoms with E-state index in [9.17, 15) is 9.18 Å². The second-order valence-electron chi connectivity index (χ2n) is 8.51. The standard InChI is InChI=1S/C19H19BrClFN4O/c20-17-23-10-26(25-17)19-7-11-3-12(8-19)6-18(5-11,9-19)16(27)24-13-1-2-15(22)14(21)4-13/h1-2,4,10-12H,3,5-9H2,(H,24,27)/t11-,12+,18?,19?. The Kier molecular flexibility index (Phi) is 3.92. The molecule has 1 aromatic carbocycles. The molecular formula is C19H19BrClFN4O. The maximum absolute atomic E-state index is 13.4. The largest absolute Gasteiger partial charge is 0.326 e. The van der Waals surface area contributed by atoms with Gasteiger partial charge in [-0.15, -0.1) is 5.10 Å². The lowest BCUT2D eigenvalue weighted by atomic mass is 9.46. The molecule has 4 aliphatic rings. The highest BCUT2D eigenvalue weighted by Crippen LogP contribution is 2.64. The highest BCUT2D eigenvalue weighted by atomic mass is 79.9. The predicted octanol–water partition coefficient (Wildman–Crippen LogP) is 4.77. The lowest BCUT2D eigenvalue weighted by Crippen LogP contribution is -2.60. The lowest BCUT2D eigenvalue weighted by molar-refractivity contribution is -0.150. The summed E-state index contributed by atoms with van der Waals surface area (Å²) in [6.45, 7) is 0. The molecule has 0 aliphatic heterocycles. The van der Waals surface area contributed by atoms with Crippen LogP contribution in [0.5, 0.6) is 0 Å². The molecule has 4 bridgehead atoms. The van der Waals surface area contributed by atoms with E-state index in [1.807, 2.05) is 4.68 Å². The summed E-state index contributed by atoms with van der Waals surface area (Å²) in [7, 11) is 0. The van der Waals surface area contributed by atoms with E-state index in [0.717, 1.165) is 32.1 Å². The van der Waals surface area contributed by atoms with Crippen molar-refractivity contribution < 1.29 is 9.18 Å². The van der Waals surface area contributed by atoms with Gasteiger partial charge in [-0.1, -0.05) is 11.6 Å². The maximum atomic E-state index is 13.4. The number of nitrogens with one attached hydrogen (secondary N) is 1. The molecule has 6 rings (SSSR count). The quantitative estimate of drug-likeness (QED) is 0.728. The van der Waals surface area contributed by atoms with Gasteiger partial charge in [0, 0.05) is 5.69 Å². The van der Waals surface area contributed by atoms with E-state index in [-0.39, 0.29) is 16.5 Å². The fourth-order valence-electron chi connectivity index (χ4n) is 6.06. The Hall–Kier alpha value is -1.47. The van der Waals surface area contributed by atoms with Crippen molar-refractivity contribution in [3.63, 3.8) is 0 Å². The molecule has 4 fully saturated rings. The van der Waals surface area contributed by atoms with E-state index in [1.54, 1.807) is 12.4 Å². The fraction of sp³-hybridized carbons (Fsp3) is 0.526. The molecule has 142 valence electrons. The summed E-state index contributed by atoms with van der Waals surface area (Å²) in [5.74, 6) is 0.580. The van der Waals surface area contributed by atoms with Crippen molar-refractivity contribution in [2.24, 2.45) is 17.3 Å². The van der Waals surface area contributed by atoms with Gasteiger partial charge in [0.25, 0.3) is 0 Å². The molecule has 2 aromatic rings. The summed E-state index contributed by atoms with van der Waals surface area (Å²) in [4.78, 5) is 17.6. The van der Waals surface area contributed by atoms with Crippen LogP contribution in [-0.4, -0.2) is 20.7 Å². The molecule has 0 radical (unpaired) electrons. The van der Waals surface area contributed by atoms with E-state index >= 15 is 0 Å². The number of carbonyl (C=O) groups excluding carboxylic acids is 1. The summed E-state index contributed by atoms with van der Waals surface area (Å²) in [5.41, 5.74) is -0.00995. The van der Waals surface area contributed by atoms with Crippen molar-refractivity contribution in [3.8, 4) is 0 Å². The van der Waals surface area contributed by atoms with Gasteiger partial charge >= 0.3 is 0 Å². The third-order valence-electron chi connectivity index (χ3n) is 6.64. The van der Waals surface area contributed by atoms with Gasteiger partial charge in [0.1, 0.15) is 12.1 Å². The number of aromatic nitrogens is 3. The predicted molar refractivity (Wildman–Crippen MR) is 103 cm³/mol. The Labute approximate surface area is 169 Å². The third kappa shape index (κ3) is 2.81. The summed E-state index contributed by atoms with van der Waals surface area (Å²) in [6.07, 6.45) is 7.65.